The molecule has 0 aliphatic carbocycles. The number of amides is 1. The van der Waals surface area contributed by atoms with Crippen molar-refractivity contribution in [3.05, 3.63) is 77.7 Å². The number of hydrogen-bond acceptors (Lipinski definition) is 6. The molecule has 2 N–H and O–H groups in total. The van der Waals surface area contributed by atoms with Crippen molar-refractivity contribution in [2.24, 2.45) is 4.99 Å². The third-order valence-electron chi connectivity index (χ3n) is 5.48. The Hall–Kier alpha value is -4.04. The minimum absolute atomic E-state index is 0.0680. The van der Waals surface area contributed by atoms with Crippen molar-refractivity contribution >= 4 is 29.3 Å². The van der Waals surface area contributed by atoms with E-state index < -0.39 is 0 Å². The van der Waals surface area contributed by atoms with Gasteiger partial charge in [-0.2, -0.15) is 0 Å². The van der Waals surface area contributed by atoms with Crippen molar-refractivity contribution in [2.75, 3.05) is 25.5 Å². The van der Waals surface area contributed by atoms with Crippen LogP contribution in [-0.2, 0) is 6.54 Å². The third kappa shape index (κ3) is 3.72. The summed E-state index contributed by atoms with van der Waals surface area (Å²) in [6.07, 6.45) is 7.49. The van der Waals surface area contributed by atoms with Crippen LogP contribution in [0.4, 0.5) is 11.5 Å². The second-order valence-corrected chi connectivity index (χ2v) is 7.67. The van der Waals surface area contributed by atoms with E-state index in [2.05, 4.69) is 27.4 Å². The summed E-state index contributed by atoms with van der Waals surface area (Å²) in [5.41, 5.74) is 6.24. The van der Waals surface area contributed by atoms with Gasteiger partial charge in [-0.25, -0.2) is 9.97 Å². The average molecular weight is 426 g/mol. The fraction of sp³-hybridized carbons (Fsp3) is 0.167. The molecule has 0 saturated carbocycles. The number of nitrogens with one attached hydrogen (secondary N) is 1. The van der Waals surface area contributed by atoms with E-state index in [1.54, 1.807) is 25.4 Å². The van der Waals surface area contributed by atoms with Gasteiger partial charge in [0.1, 0.15) is 0 Å². The van der Waals surface area contributed by atoms with Crippen LogP contribution in [0.2, 0.25) is 0 Å². The summed E-state index contributed by atoms with van der Waals surface area (Å²) in [6.45, 7) is 0.920. The Morgan fingerprint density at radius 3 is 2.88 bits per heavy atom. The number of carbonyl (C=O) groups is 1. The quantitative estimate of drug-likeness (QED) is 0.494. The Morgan fingerprint density at radius 2 is 2.06 bits per heavy atom. The van der Waals surface area contributed by atoms with Crippen LogP contribution in [-0.4, -0.2) is 56.7 Å². The summed E-state index contributed by atoms with van der Waals surface area (Å²) in [5.74, 6) is 0.489. The largest absolute Gasteiger partial charge is 0.395 e. The van der Waals surface area contributed by atoms with Crippen LogP contribution in [0.3, 0.4) is 0 Å². The first-order valence-corrected chi connectivity index (χ1v) is 10.3. The molecule has 160 valence electrons. The number of aromatic nitrogens is 3. The van der Waals surface area contributed by atoms with Gasteiger partial charge in [-0.3, -0.25) is 9.79 Å². The molecule has 2 aromatic carbocycles. The number of likely N-dealkylation sites (N-methyl/N-ethyl adjacent to an activating group) is 1. The molecule has 0 spiro atoms. The van der Waals surface area contributed by atoms with Gasteiger partial charge in [0.2, 0.25) is 0 Å². The molecule has 0 atom stereocenters. The maximum Gasteiger partial charge on any atom is 0.253 e. The summed E-state index contributed by atoms with van der Waals surface area (Å²) >= 11 is 0. The normalized spacial score (nSPS) is 12.2. The number of carbonyl (C=O) groups excluding carboxylic acids is 1. The first-order chi connectivity index (χ1) is 15.6. The standard InChI is InChI=1S/C24H22N6O2/c1-29(10-11-31)24(32)16-4-6-20(7-5-16)27-22-23-26-8-9-30(23)15-21(28-22)17-2-3-18-13-25-14-19(18)12-17/h2-9,12-13,15,31H,10-11,14H2,1H3,(H,27,28). The number of hydrogen-bond donors (Lipinski definition) is 2. The summed E-state index contributed by atoms with van der Waals surface area (Å²) in [5, 5.41) is 12.4. The molecule has 8 nitrogen and oxygen atoms in total. The molecule has 0 fully saturated rings. The predicted octanol–water partition coefficient (Wildman–Crippen LogP) is 3.14. The highest BCUT2D eigenvalue weighted by atomic mass is 16.3. The summed E-state index contributed by atoms with van der Waals surface area (Å²) < 4.78 is 1.94. The number of fused-ring (bicyclic) bond motifs is 2. The Kier molecular flexibility index (Phi) is 5.12. The van der Waals surface area contributed by atoms with E-state index >= 15 is 0 Å². The van der Waals surface area contributed by atoms with Crippen LogP contribution >= 0.6 is 0 Å². The average Bonchev–Trinajstić information content (AvgIpc) is 3.48. The summed E-state index contributed by atoms with van der Waals surface area (Å²) in [4.78, 5) is 27.5. The molecule has 1 amide bonds. The molecule has 5 rings (SSSR count). The van der Waals surface area contributed by atoms with E-state index in [1.165, 1.54) is 10.5 Å². The predicted molar refractivity (Wildman–Crippen MR) is 123 cm³/mol. The van der Waals surface area contributed by atoms with Crippen molar-refractivity contribution in [1.82, 2.24) is 19.3 Å². The molecular formula is C24H22N6O2. The molecule has 4 aromatic rings. The van der Waals surface area contributed by atoms with Crippen LogP contribution in [0.1, 0.15) is 21.5 Å². The smallest absolute Gasteiger partial charge is 0.253 e. The van der Waals surface area contributed by atoms with E-state index in [1.807, 2.05) is 41.2 Å². The molecule has 0 saturated heterocycles. The molecular weight excluding hydrogens is 404 g/mol. The second kappa shape index (κ2) is 8.24. The van der Waals surface area contributed by atoms with Crippen molar-refractivity contribution in [3.63, 3.8) is 0 Å². The molecule has 0 radical (unpaired) electrons. The zero-order valence-electron chi connectivity index (χ0n) is 17.6. The van der Waals surface area contributed by atoms with Crippen LogP contribution in [0.15, 0.2) is 66.0 Å². The van der Waals surface area contributed by atoms with Crippen LogP contribution in [0.25, 0.3) is 16.9 Å². The van der Waals surface area contributed by atoms with E-state index in [9.17, 15) is 4.79 Å². The van der Waals surface area contributed by atoms with Gasteiger partial charge in [0.25, 0.3) is 5.91 Å². The van der Waals surface area contributed by atoms with Crippen molar-refractivity contribution < 1.29 is 9.90 Å². The van der Waals surface area contributed by atoms with Crippen molar-refractivity contribution in [2.45, 2.75) is 6.54 Å². The van der Waals surface area contributed by atoms with Crippen LogP contribution in [0, 0.1) is 0 Å². The van der Waals surface area contributed by atoms with Gasteiger partial charge in [0.05, 0.1) is 18.8 Å². The molecule has 2 aromatic heterocycles. The van der Waals surface area contributed by atoms with Gasteiger partial charge in [-0.1, -0.05) is 12.1 Å². The molecule has 1 aliphatic rings. The Balaban J connectivity index is 1.44. The lowest BCUT2D eigenvalue weighted by atomic mass is 10.0. The maximum atomic E-state index is 12.4. The zero-order chi connectivity index (χ0) is 22.1. The number of anilines is 2. The van der Waals surface area contributed by atoms with Gasteiger partial charge in [-0.15, -0.1) is 0 Å². The maximum absolute atomic E-state index is 12.4. The lowest BCUT2D eigenvalue weighted by molar-refractivity contribution is 0.0767. The molecule has 0 bridgehead atoms. The lowest BCUT2D eigenvalue weighted by Gasteiger charge is -2.16. The molecule has 8 heteroatoms. The number of rotatable bonds is 6. The van der Waals surface area contributed by atoms with Gasteiger partial charge >= 0.3 is 0 Å². The second-order valence-electron chi connectivity index (χ2n) is 7.67. The Labute approximate surface area is 184 Å². The third-order valence-corrected chi connectivity index (χ3v) is 5.48. The summed E-state index contributed by atoms with van der Waals surface area (Å²) in [7, 11) is 1.67. The molecule has 3 heterocycles. The van der Waals surface area contributed by atoms with Crippen molar-refractivity contribution in [1.29, 1.82) is 0 Å². The fourth-order valence-corrected chi connectivity index (χ4v) is 3.73. The van der Waals surface area contributed by atoms with Gasteiger partial charge in [-0.05, 0) is 41.5 Å². The number of aliphatic imine (C=N–C) groups is 1. The van der Waals surface area contributed by atoms with E-state index in [4.69, 9.17) is 10.1 Å². The highest BCUT2D eigenvalue weighted by Crippen LogP contribution is 2.27. The fourth-order valence-electron chi connectivity index (χ4n) is 3.73. The minimum Gasteiger partial charge on any atom is -0.395 e. The number of imidazole rings is 1. The monoisotopic (exact) mass is 426 g/mol. The Morgan fingerprint density at radius 1 is 1.22 bits per heavy atom. The minimum atomic E-state index is -0.137. The van der Waals surface area contributed by atoms with E-state index in [-0.39, 0.29) is 12.5 Å². The number of aliphatic hydroxyl groups excluding tert-OH is 1. The number of aliphatic hydroxyl groups is 1. The molecule has 1 aliphatic heterocycles. The highest BCUT2D eigenvalue weighted by molar-refractivity contribution is 5.94. The topological polar surface area (TPSA) is 95.1 Å². The molecule has 32 heavy (non-hydrogen) atoms. The summed E-state index contributed by atoms with van der Waals surface area (Å²) in [6, 6.07) is 13.4. The number of benzene rings is 2. The number of nitrogens with zero attached hydrogens (tertiary/aromatic N) is 5. The van der Waals surface area contributed by atoms with Gasteiger partial charge in [0, 0.05) is 55.2 Å². The van der Waals surface area contributed by atoms with Crippen LogP contribution in [0.5, 0.6) is 0 Å². The van der Waals surface area contributed by atoms with E-state index in [0.29, 0.717) is 30.1 Å². The zero-order valence-corrected chi connectivity index (χ0v) is 17.6. The van der Waals surface area contributed by atoms with Crippen LogP contribution < -0.4 is 5.32 Å². The van der Waals surface area contributed by atoms with Crippen molar-refractivity contribution in [3.8, 4) is 11.3 Å². The Bertz CT molecular complexity index is 1330. The first kappa shape index (κ1) is 19.9. The first-order valence-electron chi connectivity index (χ1n) is 10.3. The van der Waals surface area contributed by atoms with Gasteiger partial charge < -0.3 is 19.7 Å². The lowest BCUT2D eigenvalue weighted by Crippen LogP contribution is -2.29. The highest BCUT2D eigenvalue weighted by Gasteiger charge is 2.14. The SMILES string of the molecule is CN(CCO)C(=O)c1ccc(Nc2nc(-c3ccc4c(c3)CN=C4)cn3ccnc23)cc1. The molecule has 0 unspecified atom stereocenters. The van der Waals surface area contributed by atoms with E-state index in [0.717, 1.165) is 22.5 Å². The van der Waals surface area contributed by atoms with Gasteiger partial charge in [0.15, 0.2) is 11.5 Å².